The van der Waals surface area contributed by atoms with Gasteiger partial charge in [0.15, 0.2) is 0 Å². The molecule has 0 aromatic heterocycles. The van der Waals surface area contributed by atoms with Gasteiger partial charge in [0.1, 0.15) is 11.5 Å². The van der Waals surface area contributed by atoms with Crippen LogP contribution in [-0.4, -0.2) is 74.7 Å². The average Bonchev–Trinajstić information content (AvgIpc) is 2.69. The Morgan fingerprint density at radius 3 is 2.36 bits per heavy atom. The molecular weight excluding hydrogens is 384 g/mol. The minimum absolute atomic E-state index is 0.0187. The predicted octanol–water partition coefficient (Wildman–Crippen LogP) is 2.42. The molecule has 2 N–H and O–H groups in total. The number of carbonyl (C=O) groups is 2. The number of ether oxygens (including phenoxy) is 2. The maximum absolute atomic E-state index is 12.6. The predicted molar refractivity (Wildman–Crippen MR) is 109 cm³/mol. The maximum Gasteiger partial charge on any atom is 0.322 e. The van der Waals surface area contributed by atoms with Gasteiger partial charge in [-0.05, 0) is 13.3 Å². The van der Waals surface area contributed by atoms with Crippen molar-refractivity contribution in [2.75, 3.05) is 52.3 Å². The van der Waals surface area contributed by atoms with Gasteiger partial charge in [-0.3, -0.25) is 9.69 Å². The Kier molecular flexibility index (Phi) is 8.19. The van der Waals surface area contributed by atoms with Crippen LogP contribution in [0.5, 0.6) is 11.5 Å². The molecule has 1 atom stereocenters. The second-order valence-electron chi connectivity index (χ2n) is 6.76. The third kappa shape index (κ3) is 5.90. The Morgan fingerprint density at radius 2 is 1.79 bits per heavy atom. The molecule has 28 heavy (non-hydrogen) atoms. The van der Waals surface area contributed by atoms with Gasteiger partial charge in [0.2, 0.25) is 5.91 Å². The van der Waals surface area contributed by atoms with Gasteiger partial charge >= 0.3 is 6.03 Å². The van der Waals surface area contributed by atoms with E-state index < -0.39 is 0 Å². The van der Waals surface area contributed by atoms with Gasteiger partial charge in [0, 0.05) is 44.4 Å². The number of nitrogens with zero attached hydrogens (tertiary/aromatic N) is 2. The molecule has 1 heterocycles. The van der Waals surface area contributed by atoms with Gasteiger partial charge in [0.25, 0.3) is 0 Å². The fourth-order valence-electron chi connectivity index (χ4n) is 2.89. The molecule has 1 saturated heterocycles. The number of carbonyl (C=O) groups excluding carboxylic acids is 2. The number of benzene rings is 1. The third-order valence-corrected chi connectivity index (χ3v) is 5.06. The molecule has 156 valence electrons. The number of hydrogen-bond acceptors (Lipinski definition) is 5. The molecule has 1 aliphatic rings. The zero-order chi connectivity index (χ0) is 20.7. The zero-order valence-corrected chi connectivity index (χ0v) is 17.6. The number of piperazine rings is 1. The van der Waals surface area contributed by atoms with Crippen LogP contribution in [0, 0.1) is 0 Å². The highest BCUT2D eigenvalue weighted by molar-refractivity contribution is 6.32. The molecule has 1 fully saturated rings. The van der Waals surface area contributed by atoms with E-state index in [1.807, 2.05) is 18.7 Å². The summed E-state index contributed by atoms with van der Waals surface area (Å²) < 4.78 is 10.5. The first kappa shape index (κ1) is 22.1. The molecule has 0 aliphatic carbocycles. The summed E-state index contributed by atoms with van der Waals surface area (Å²) in [4.78, 5) is 28.4. The van der Waals surface area contributed by atoms with E-state index in [1.165, 1.54) is 14.2 Å². The van der Waals surface area contributed by atoms with Gasteiger partial charge in [0.05, 0.1) is 31.5 Å². The van der Waals surface area contributed by atoms with Gasteiger partial charge in [-0.25, -0.2) is 4.79 Å². The largest absolute Gasteiger partial charge is 0.495 e. The molecule has 1 aliphatic heterocycles. The molecular formula is C19H29ClN4O4. The van der Waals surface area contributed by atoms with Crippen molar-refractivity contribution in [3.63, 3.8) is 0 Å². The SMILES string of the molecule is CCC(C)NC(=O)CN1CCN(C(=O)Nc2cc(OC)c(Cl)cc2OC)CC1. The fraction of sp³-hybridized carbons (Fsp3) is 0.579. The molecule has 0 saturated carbocycles. The molecule has 0 spiro atoms. The summed E-state index contributed by atoms with van der Waals surface area (Å²) in [6.07, 6.45) is 0.901. The molecule has 2 rings (SSSR count). The molecule has 0 bridgehead atoms. The van der Waals surface area contributed by atoms with Gasteiger partial charge < -0.3 is 25.0 Å². The van der Waals surface area contributed by atoms with Crippen molar-refractivity contribution >= 4 is 29.2 Å². The zero-order valence-electron chi connectivity index (χ0n) is 16.9. The highest BCUT2D eigenvalue weighted by atomic mass is 35.5. The molecule has 3 amide bonds. The lowest BCUT2D eigenvalue weighted by molar-refractivity contribution is -0.123. The molecule has 0 radical (unpaired) electrons. The summed E-state index contributed by atoms with van der Waals surface area (Å²) in [6, 6.07) is 3.18. The molecule has 8 nitrogen and oxygen atoms in total. The van der Waals surface area contributed by atoms with Gasteiger partial charge in [-0.2, -0.15) is 0 Å². The van der Waals surface area contributed by atoms with E-state index in [1.54, 1.807) is 17.0 Å². The summed E-state index contributed by atoms with van der Waals surface area (Å²) in [5.74, 6) is 0.930. The number of methoxy groups -OCH3 is 2. The summed E-state index contributed by atoms with van der Waals surface area (Å²) >= 11 is 6.10. The van der Waals surface area contributed by atoms with Crippen LogP contribution >= 0.6 is 11.6 Å². The van der Waals surface area contributed by atoms with Crippen molar-refractivity contribution in [1.29, 1.82) is 0 Å². The highest BCUT2D eigenvalue weighted by Crippen LogP contribution is 2.36. The summed E-state index contributed by atoms with van der Waals surface area (Å²) in [7, 11) is 3.02. The second-order valence-corrected chi connectivity index (χ2v) is 7.16. The Balaban J connectivity index is 1.89. The Bertz CT molecular complexity index is 693. The van der Waals surface area contributed by atoms with E-state index in [0.717, 1.165) is 6.42 Å². The lowest BCUT2D eigenvalue weighted by atomic mass is 10.2. The van der Waals surface area contributed by atoms with Crippen molar-refractivity contribution in [1.82, 2.24) is 15.1 Å². The minimum atomic E-state index is -0.230. The minimum Gasteiger partial charge on any atom is -0.495 e. The number of anilines is 1. The quantitative estimate of drug-likeness (QED) is 0.718. The van der Waals surface area contributed by atoms with E-state index in [4.69, 9.17) is 21.1 Å². The number of amides is 3. The van der Waals surface area contributed by atoms with Crippen LogP contribution in [0.3, 0.4) is 0 Å². The van der Waals surface area contributed by atoms with E-state index in [0.29, 0.717) is 54.9 Å². The van der Waals surface area contributed by atoms with E-state index in [-0.39, 0.29) is 18.0 Å². The van der Waals surface area contributed by atoms with Crippen LogP contribution in [0.4, 0.5) is 10.5 Å². The molecule has 1 aromatic rings. The smallest absolute Gasteiger partial charge is 0.322 e. The van der Waals surface area contributed by atoms with E-state index in [2.05, 4.69) is 10.6 Å². The highest BCUT2D eigenvalue weighted by Gasteiger charge is 2.24. The maximum atomic E-state index is 12.6. The normalized spacial score (nSPS) is 15.7. The van der Waals surface area contributed by atoms with Crippen LogP contribution in [0.25, 0.3) is 0 Å². The first-order valence-electron chi connectivity index (χ1n) is 9.37. The number of nitrogens with one attached hydrogen (secondary N) is 2. The van der Waals surface area contributed by atoms with Gasteiger partial charge in [-0.15, -0.1) is 0 Å². The van der Waals surface area contributed by atoms with Crippen molar-refractivity contribution in [3.05, 3.63) is 17.2 Å². The number of rotatable bonds is 7. The molecule has 9 heteroatoms. The second kappa shape index (κ2) is 10.4. The number of hydrogen-bond donors (Lipinski definition) is 2. The summed E-state index contributed by atoms with van der Waals surface area (Å²) in [6.45, 7) is 6.73. The van der Waals surface area contributed by atoms with Crippen molar-refractivity contribution in [2.24, 2.45) is 0 Å². The average molecular weight is 413 g/mol. The first-order chi connectivity index (χ1) is 13.4. The Labute approximate surface area is 171 Å². The summed E-state index contributed by atoms with van der Waals surface area (Å²) in [5, 5.41) is 6.21. The molecule has 1 unspecified atom stereocenters. The first-order valence-corrected chi connectivity index (χ1v) is 9.74. The number of urea groups is 1. The lowest BCUT2D eigenvalue weighted by Gasteiger charge is -2.34. The van der Waals surface area contributed by atoms with Crippen molar-refractivity contribution in [3.8, 4) is 11.5 Å². The Hall–Kier alpha value is -2.19. The topological polar surface area (TPSA) is 83.1 Å². The third-order valence-electron chi connectivity index (χ3n) is 4.76. The summed E-state index contributed by atoms with van der Waals surface area (Å²) in [5.41, 5.74) is 0.490. The van der Waals surface area contributed by atoms with Crippen LogP contribution in [-0.2, 0) is 4.79 Å². The standard InChI is InChI=1S/C19H29ClN4O4/c1-5-13(2)21-18(25)12-23-6-8-24(9-7-23)19(26)22-15-11-16(27-3)14(20)10-17(15)28-4/h10-11,13H,5-9,12H2,1-4H3,(H,21,25)(H,22,26). The number of halogens is 1. The van der Waals surface area contributed by atoms with Crippen molar-refractivity contribution in [2.45, 2.75) is 26.3 Å². The fourth-order valence-corrected chi connectivity index (χ4v) is 3.12. The monoisotopic (exact) mass is 412 g/mol. The van der Waals surface area contributed by atoms with Gasteiger partial charge in [-0.1, -0.05) is 18.5 Å². The van der Waals surface area contributed by atoms with E-state index in [9.17, 15) is 9.59 Å². The van der Waals surface area contributed by atoms with Crippen LogP contribution in [0.2, 0.25) is 5.02 Å². The van der Waals surface area contributed by atoms with Crippen LogP contribution in [0.15, 0.2) is 12.1 Å². The van der Waals surface area contributed by atoms with Crippen LogP contribution in [0.1, 0.15) is 20.3 Å². The van der Waals surface area contributed by atoms with E-state index >= 15 is 0 Å². The van der Waals surface area contributed by atoms with Crippen molar-refractivity contribution < 1.29 is 19.1 Å². The lowest BCUT2D eigenvalue weighted by Crippen LogP contribution is -2.52. The molecule has 1 aromatic carbocycles. The Morgan fingerprint density at radius 1 is 1.14 bits per heavy atom. The van der Waals surface area contributed by atoms with Crippen LogP contribution < -0.4 is 20.1 Å².